The van der Waals surface area contributed by atoms with Gasteiger partial charge in [0, 0.05) is 40.1 Å². The van der Waals surface area contributed by atoms with Crippen LogP contribution in [0.25, 0.3) is 5.57 Å². The molecule has 1 N–H and O–H groups in total. The number of amides is 1. The molecule has 4 rings (SSSR count). The molecular formula is C21H23ClN4O2. The minimum atomic E-state index is -0.756. The Balaban J connectivity index is 1.85. The van der Waals surface area contributed by atoms with Crippen molar-refractivity contribution in [2.75, 3.05) is 6.54 Å². The maximum absolute atomic E-state index is 11.9. The molecule has 0 bridgehead atoms. The zero-order valence-electron chi connectivity index (χ0n) is 15.9. The van der Waals surface area contributed by atoms with Crippen molar-refractivity contribution in [1.29, 1.82) is 0 Å². The molecule has 0 radical (unpaired) electrons. The smallest absolute Gasteiger partial charge is 0.263 e. The van der Waals surface area contributed by atoms with E-state index in [2.05, 4.69) is 15.6 Å². The van der Waals surface area contributed by atoms with E-state index in [1.165, 1.54) is 25.7 Å². The highest BCUT2D eigenvalue weighted by Gasteiger charge is 2.36. The molecular weight excluding hydrogens is 376 g/mol. The Hall–Kier alpha value is -2.31. The number of halogens is 1. The van der Waals surface area contributed by atoms with Gasteiger partial charge in [0.05, 0.1) is 5.57 Å². The molecule has 0 unspecified atom stereocenters. The van der Waals surface area contributed by atoms with Crippen LogP contribution in [-0.2, 0) is 4.79 Å². The number of hydrogen-bond acceptors (Lipinski definition) is 5. The predicted octanol–water partition coefficient (Wildman–Crippen LogP) is 4.74. The fourth-order valence-corrected chi connectivity index (χ4v) is 4.64. The van der Waals surface area contributed by atoms with E-state index < -0.39 is 5.91 Å². The number of nitrogens with zero attached hydrogens (tertiary/aromatic N) is 3. The number of hydrogen-bond donors (Lipinski definition) is 1. The van der Waals surface area contributed by atoms with Crippen LogP contribution in [0.3, 0.4) is 0 Å². The number of benzene rings is 1. The first-order chi connectivity index (χ1) is 13.6. The highest BCUT2D eigenvalue weighted by atomic mass is 35.5. The molecule has 1 aliphatic carbocycles. The molecule has 1 amide bonds. The van der Waals surface area contributed by atoms with Gasteiger partial charge in [-0.05, 0) is 43.0 Å². The van der Waals surface area contributed by atoms with Crippen LogP contribution in [0, 0.1) is 17.7 Å². The van der Waals surface area contributed by atoms with Gasteiger partial charge >= 0.3 is 5.91 Å². The SMILES string of the molecule is Cc1cc(Cl)ccc1C1=C(C2CCCCCC2)N2NCC(C(=O)N=O)=C2N=C1. The van der Waals surface area contributed by atoms with Gasteiger partial charge in [-0.3, -0.25) is 9.80 Å². The third-order valence-corrected chi connectivity index (χ3v) is 6.03. The van der Waals surface area contributed by atoms with E-state index in [-0.39, 0.29) is 6.54 Å². The van der Waals surface area contributed by atoms with E-state index in [1.54, 1.807) is 0 Å². The van der Waals surface area contributed by atoms with Crippen LogP contribution in [0.1, 0.15) is 49.7 Å². The van der Waals surface area contributed by atoms with Gasteiger partial charge in [-0.25, -0.2) is 10.4 Å². The Bertz CT molecular complexity index is 911. The van der Waals surface area contributed by atoms with Crippen molar-refractivity contribution in [1.82, 2.24) is 10.4 Å². The highest BCUT2D eigenvalue weighted by molar-refractivity contribution is 6.30. The summed E-state index contributed by atoms with van der Waals surface area (Å²) in [6, 6.07) is 5.87. The van der Waals surface area contributed by atoms with E-state index >= 15 is 0 Å². The zero-order chi connectivity index (χ0) is 19.7. The molecule has 0 atom stereocenters. The van der Waals surface area contributed by atoms with Crippen LogP contribution in [0.15, 0.2) is 45.5 Å². The average molecular weight is 399 g/mol. The fraction of sp³-hybridized carbons (Fsp3) is 0.429. The van der Waals surface area contributed by atoms with Crippen LogP contribution >= 0.6 is 11.6 Å². The number of carbonyl (C=O) groups is 1. The molecule has 6 nitrogen and oxygen atoms in total. The van der Waals surface area contributed by atoms with E-state index in [1.807, 2.05) is 36.3 Å². The van der Waals surface area contributed by atoms with Gasteiger partial charge in [-0.15, -0.1) is 4.91 Å². The minimum absolute atomic E-state index is 0.264. The molecule has 2 aliphatic heterocycles. The molecule has 0 spiro atoms. The maximum Gasteiger partial charge on any atom is 0.317 e. The van der Waals surface area contributed by atoms with Crippen molar-refractivity contribution in [3.05, 3.63) is 56.3 Å². The molecule has 146 valence electrons. The maximum atomic E-state index is 11.9. The normalized spacial score (nSPS) is 20.4. The summed E-state index contributed by atoms with van der Waals surface area (Å²) in [5.74, 6) is 0.105. The Kier molecular flexibility index (Phi) is 5.42. The van der Waals surface area contributed by atoms with Crippen LogP contribution in [0.5, 0.6) is 0 Å². The van der Waals surface area contributed by atoms with Crippen LogP contribution < -0.4 is 5.43 Å². The molecule has 1 aromatic carbocycles. The number of carbonyl (C=O) groups excluding carboxylic acids is 1. The first kappa shape index (κ1) is 19.0. The third-order valence-electron chi connectivity index (χ3n) is 5.79. The number of hydrazine groups is 1. The highest BCUT2D eigenvalue weighted by Crippen LogP contribution is 2.40. The number of aryl methyl sites for hydroxylation is 1. The Morgan fingerprint density at radius 2 is 2.00 bits per heavy atom. The van der Waals surface area contributed by atoms with Crippen molar-refractivity contribution in [3.63, 3.8) is 0 Å². The van der Waals surface area contributed by atoms with Gasteiger partial charge < -0.3 is 0 Å². The second-order valence-electron chi connectivity index (χ2n) is 7.57. The van der Waals surface area contributed by atoms with Crippen molar-refractivity contribution < 1.29 is 4.79 Å². The molecule has 1 saturated carbocycles. The predicted molar refractivity (Wildman–Crippen MR) is 110 cm³/mol. The van der Waals surface area contributed by atoms with E-state index in [0.717, 1.165) is 35.2 Å². The van der Waals surface area contributed by atoms with Gasteiger partial charge in [-0.1, -0.05) is 43.4 Å². The molecule has 0 saturated heterocycles. The van der Waals surface area contributed by atoms with Gasteiger partial charge in [0.2, 0.25) is 0 Å². The fourth-order valence-electron chi connectivity index (χ4n) is 4.41. The monoisotopic (exact) mass is 398 g/mol. The lowest BCUT2D eigenvalue weighted by molar-refractivity contribution is -0.114. The van der Waals surface area contributed by atoms with Crippen molar-refractivity contribution in [2.45, 2.75) is 45.4 Å². The number of allylic oxidation sites excluding steroid dienone is 2. The lowest BCUT2D eigenvalue weighted by Gasteiger charge is -2.33. The second-order valence-corrected chi connectivity index (χ2v) is 8.01. The molecule has 1 fully saturated rings. The number of nitrogens with one attached hydrogen (secondary N) is 1. The summed E-state index contributed by atoms with van der Waals surface area (Å²) in [7, 11) is 0. The lowest BCUT2D eigenvalue weighted by atomic mass is 9.88. The van der Waals surface area contributed by atoms with E-state index in [0.29, 0.717) is 22.3 Å². The number of fused-ring (bicyclic) bond motifs is 1. The number of rotatable bonds is 3. The molecule has 28 heavy (non-hydrogen) atoms. The first-order valence-electron chi connectivity index (χ1n) is 9.79. The molecule has 1 aromatic rings. The van der Waals surface area contributed by atoms with Crippen LogP contribution in [-0.4, -0.2) is 23.7 Å². The van der Waals surface area contributed by atoms with E-state index in [9.17, 15) is 9.70 Å². The summed E-state index contributed by atoms with van der Waals surface area (Å²) < 4.78 is 0. The van der Waals surface area contributed by atoms with Gasteiger partial charge in [0.15, 0.2) is 5.82 Å². The molecule has 7 heteroatoms. The summed E-state index contributed by atoms with van der Waals surface area (Å²) in [6.07, 6.45) is 8.90. The van der Waals surface area contributed by atoms with Crippen LogP contribution in [0.4, 0.5) is 0 Å². The molecule has 3 aliphatic rings. The molecule has 2 heterocycles. The summed E-state index contributed by atoms with van der Waals surface area (Å²) >= 11 is 6.16. The standard InChI is InChI=1S/C21H23ClN4O2/c1-13-10-15(22)8-9-16(13)17-11-23-20-18(21(27)25-28)12-24-26(20)19(17)14-6-4-2-3-5-7-14/h8-11,14,24H,2-7,12H2,1H3. The molecule has 0 aromatic heterocycles. The zero-order valence-corrected chi connectivity index (χ0v) is 16.6. The summed E-state index contributed by atoms with van der Waals surface area (Å²) in [5.41, 5.74) is 7.93. The lowest BCUT2D eigenvalue weighted by Crippen LogP contribution is -2.36. The number of aliphatic imine (C=N–C) groups is 1. The quantitative estimate of drug-likeness (QED) is 0.589. The Morgan fingerprint density at radius 1 is 1.25 bits per heavy atom. The Labute approximate surface area is 169 Å². The van der Waals surface area contributed by atoms with Crippen molar-refractivity contribution in [3.8, 4) is 0 Å². The Morgan fingerprint density at radius 3 is 2.68 bits per heavy atom. The van der Waals surface area contributed by atoms with Gasteiger partial charge in [0.25, 0.3) is 0 Å². The van der Waals surface area contributed by atoms with Crippen molar-refractivity contribution in [2.24, 2.45) is 16.1 Å². The summed E-state index contributed by atoms with van der Waals surface area (Å²) in [6.45, 7) is 2.31. The van der Waals surface area contributed by atoms with Crippen molar-refractivity contribution >= 4 is 29.3 Å². The second kappa shape index (κ2) is 7.97. The van der Waals surface area contributed by atoms with Gasteiger partial charge in [-0.2, -0.15) is 0 Å². The summed E-state index contributed by atoms with van der Waals surface area (Å²) in [5, 5.41) is 5.22. The van der Waals surface area contributed by atoms with Crippen LogP contribution in [0.2, 0.25) is 5.02 Å². The third kappa shape index (κ3) is 3.42. The van der Waals surface area contributed by atoms with Gasteiger partial charge in [0.1, 0.15) is 0 Å². The average Bonchev–Trinajstić information content (AvgIpc) is 2.93. The largest absolute Gasteiger partial charge is 0.317 e. The number of nitroso groups, excluding NO2 is 1. The topological polar surface area (TPSA) is 74.1 Å². The first-order valence-corrected chi connectivity index (χ1v) is 10.2. The minimum Gasteiger partial charge on any atom is -0.263 e. The summed E-state index contributed by atoms with van der Waals surface area (Å²) in [4.78, 5) is 27.3. The van der Waals surface area contributed by atoms with E-state index in [4.69, 9.17) is 11.6 Å².